The normalized spacial score (nSPS) is 23.6. The summed E-state index contributed by atoms with van der Waals surface area (Å²) in [6.45, 7) is 6.08. The molecule has 5 nitrogen and oxygen atoms in total. The van der Waals surface area contributed by atoms with Crippen LogP contribution in [0.5, 0.6) is 0 Å². The molecule has 116 valence electrons. The second-order valence-corrected chi connectivity index (χ2v) is 7.38. The monoisotopic (exact) mass is 320 g/mol. The van der Waals surface area contributed by atoms with Gasteiger partial charge >= 0.3 is 12.0 Å². The number of amides is 2. The van der Waals surface area contributed by atoms with Gasteiger partial charge < -0.3 is 10.4 Å². The first-order valence-electron chi connectivity index (χ1n) is 7.02. The van der Waals surface area contributed by atoms with Gasteiger partial charge in [0.15, 0.2) is 0 Å². The first kappa shape index (κ1) is 17.5. The van der Waals surface area contributed by atoms with Crippen molar-refractivity contribution in [3.05, 3.63) is 0 Å². The molecule has 0 bridgehead atoms. The molecule has 0 saturated carbocycles. The number of rotatable bonds is 7. The smallest absolute Gasteiger partial charge is 0.327 e. The molecule has 0 radical (unpaired) electrons. The topological polar surface area (TPSA) is 69.6 Å². The lowest BCUT2D eigenvalue weighted by molar-refractivity contribution is -0.141. The average molecular weight is 320 g/mol. The molecular formula is C13H24N2O3S2. The number of hydrogen-bond acceptors (Lipinski definition) is 4. The Hall–Kier alpha value is -0.560. The van der Waals surface area contributed by atoms with Crippen molar-refractivity contribution >= 4 is 35.5 Å². The molecule has 1 aliphatic heterocycles. The summed E-state index contributed by atoms with van der Waals surface area (Å²) < 4.78 is 0. The van der Waals surface area contributed by atoms with Crippen LogP contribution in [0.3, 0.4) is 0 Å². The van der Waals surface area contributed by atoms with Crippen molar-refractivity contribution in [3.63, 3.8) is 0 Å². The van der Waals surface area contributed by atoms with Crippen LogP contribution in [0.25, 0.3) is 0 Å². The van der Waals surface area contributed by atoms with E-state index < -0.39 is 12.0 Å². The number of thioether (sulfide) groups is 2. The highest BCUT2D eigenvalue weighted by Gasteiger charge is 2.41. The molecule has 0 aromatic carbocycles. The molecule has 1 aliphatic rings. The third kappa shape index (κ3) is 4.77. The van der Waals surface area contributed by atoms with Gasteiger partial charge in [-0.05, 0) is 19.1 Å². The Bertz CT molecular complexity index is 342. The first-order valence-corrected chi connectivity index (χ1v) is 9.22. The van der Waals surface area contributed by atoms with E-state index >= 15 is 0 Å². The predicted octanol–water partition coefficient (Wildman–Crippen LogP) is 2.47. The van der Waals surface area contributed by atoms with E-state index in [-0.39, 0.29) is 17.4 Å². The zero-order valence-electron chi connectivity index (χ0n) is 12.3. The SMILES string of the molecule is CCCC1SCC(C(=O)O)N1C(=O)NC(C)CSCC. The predicted molar refractivity (Wildman–Crippen MR) is 85.4 cm³/mol. The minimum Gasteiger partial charge on any atom is -0.480 e. The van der Waals surface area contributed by atoms with E-state index in [0.717, 1.165) is 24.3 Å². The quantitative estimate of drug-likeness (QED) is 0.754. The molecule has 3 atom stereocenters. The molecule has 0 aromatic rings. The summed E-state index contributed by atoms with van der Waals surface area (Å²) in [5.41, 5.74) is 0. The zero-order chi connectivity index (χ0) is 15.1. The maximum absolute atomic E-state index is 12.3. The molecular weight excluding hydrogens is 296 g/mol. The number of carboxylic acid groups (broad SMARTS) is 1. The molecule has 1 rings (SSSR count). The van der Waals surface area contributed by atoms with Gasteiger partial charge in [0.05, 0.1) is 5.37 Å². The minimum absolute atomic E-state index is 0.0212. The van der Waals surface area contributed by atoms with Crippen LogP contribution in [-0.4, -0.2) is 56.7 Å². The Morgan fingerprint density at radius 1 is 1.50 bits per heavy atom. The lowest BCUT2D eigenvalue weighted by Gasteiger charge is -2.28. The van der Waals surface area contributed by atoms with Crippen molar-refractivity contribution in [2.24, 2.45) is 0 Å². The van der Waals surface area contributed by atoms with Crippen LogP contribution in [0.1, 0.15) is 33.6 Å². The number of hydrogen-bond donors (Lipinski definition) is 2. The maximum atomic E-state index is 12.3. The lowest BCUT2D eigenvalue weighted by Crippen LogP contribution is -2.52. The van der Waals surface area contributed by atoms with Gasteiger partial charge in [0, 0.05) is 17.5 Å². The summed E-state index contributed by atoms with van der Waals surface area (Å²) in [5, 5.41) is 12.2. The molecule has 1 fully saturated rings. The van der Waals surface area contributed by atoms with E-state index in [0.29, 0.717) is 5.75 Å². The van der Waals surface area contributed by atoms with Gasteiger partial charge in [-0.3, -0.25) is 4.90 Å². The van der Waals surface area contributed by atoms with Crippen LogP contribution in [0.4, 0.5) is 4.79 Å². The molecule has 1 saturated heterocycles. The van der Waals surface area contributed by atoms with Crippen LogP contribution in [0.2, 0.25) is 0 Å². The fourth-order valence-corrected chi connectivity index (χ4v) is 4.30. The molecule has 2 N–H and O–H groups in total. The van der Waals surface area contributed by atoms with E-state index in [9.17, 15) is 14.7 Å². The van der Waals surface area contributed by atoms with Crippen molar-refractivity contribution in [3.8, 4) is 0 Å². The summed E-state index contributed by atoms with van der Waals surface area (Å²) >= 11 is 3.33. The number of nitrogens with zero attached hydrogens (tertiary/aromatic N) is 1. The number of aliphatic carboxylic acids is 1. The number of carbonyl (C=O) groups excluding carboxylic acids is 1. The van der Waals surface area contributed by atoms with Gasteiger partial charge in [-0.25, -0.2) is 9.59 Å². The Kier molecular flexibility index (Phi) is 7.58. The van der Waals surface area contributed by atoms with E-state index in [1.54, 1.807) is 23.5 Å². The largest absolute Gasteiger partial charge is 0.480 e. The minimum atomic E-state index is -0.915. The van der Waals surface area contributed by atoms with Crippen molar-refractivity contribution in [1.29, 1.82) is 0 Å². The Labute approximate surface area is 129 Å². The second-order valence-electron chi connectivity index (χ2n) is 4.85. The van der Waals surface area contributed by atoms with Gasteiger partial charge in [-0.15, -0.1) is 11.8 Å². The molecule has 0 aliphatic carbocycles. The summed E-state index contributed by atoms with van der Waals surface area (Å²) in [7, 11) is 0. The summed E-state index contributed by atoms with van der Waals surface area (Å²) in [6.07, 6.45) is 1.77. The summed E-state index contributed by atoms with van der Waals surface area (Å²) in [6, 6.07) is -0.901. The van der Waals surface area contributed by atoms with E-state index in [1.807, 2.05) is 13.8 Å². The van der Waals surface area contributed by atoms with Gasteiger partial charge in [0.2, 0.25) is 0 Å². The van der Waals surface area contributed by atoms with Gasteiger partial charge in [0.1, 0.15) is 6.04 Å². The molecule has 20 heavy (non-hydrogen) atoms. The maximum Gasteiger partial charge on any atom is 0.327 e. The third-order valence-electron chi connectivity index (χ3n) is 3.09. The van der Waals surface area contributed by atoms with Gasteiger partial charge in [0.25, 0.3) is 0 Å². The molecule has 3 unspecified atom stereocenters. The van der Waals surface area contributed by atoms with Crippen LogP contribution in [-0.2, 0) is 4.79 Å². The molecule has 7 heteroatoms. The molecule has 0 aromatic heterocycles. The second kappa shape index (κ2) is 8.67. The number of carbonyl (C=O) groups is 2. The zero-order valence-corrected chi connectivity index (χ0v) is 13.9. The van der Waals surface area contributed by atoms with Gasteiger partial charge in [-0.1, -0.05) is 20.3 Å². The van der Waals surface area contributed by atoms with Crippen molar-refractivity contribution in [2.75, 3.05) is 17.3 Å². The third-order valence-corrected chi connectivity index (χ3v) is 5.59. The van der Waals surface area contributed by atoms with Crippen molar-refractivity contribution < 1.29 is 14.7 Å². The van der Waals surface area contributed by atoms with Crippen LogP contribution >= 0.6 is 23.5 Å². The highest BCUT2D eigenvalue weighted by molar-refractivity contribution is 8.00. The Morgan fingerprint density at radius 2 is 2.20 bits per heavy atom. The summed E-state index contributed by atoms with van der Waals surface area (Å²) in [4.78, 5) is 25.2. The highest BCUT2D eigenvalue weighted by Crippen LogP contribution is 2.32. The summed E-state index contributed by atoms with van der Waals surface area (Å²) in [5.74, 6) is 1.42. The number of nitrogens with one attached hydrogen (secondary N) is 1. The fourth-order valence-electron chi connectivity index (χ4n) is 2.12. The van der Waals surface area contributed by atoms with Crippen LogP contribution in [0.15, 0.2) is 0 Å². The number of urea groups is 1. The van der Waals surface area contributed by atoms with Crippen LogP contribution in [0, 0.1) is 0 Å². The van der Waals surface area contributed by atoms with E-state index in [2.05, 4.69) is 12.2 Å². The van der Waals surface area contributed by atoms with E-state index in [4.69, 9.17) is 0 Å². The highest BCUT2D eigenvalue weighted by atomic mass is 32.2. The Morgan fingerprint density at radius 3 is 2.75 bits per heavy atom. The Balaban J connectivity index is 2.66. The fraction of sp³-hybridized carbons (Fsp3) is 0.846. The molecule has 0 spiro atoms. The van der Waals surface area contributed by atoms with E-state index in [1.165, 1.54) is 4.90 Å². The lowest BCUT2D eigenvalue weighted by atomic mass is 10.2. The van der Waals surface area contributed by atoms with Crippen LogP contribution < -0.4 is 5.32 Å². The molecule has 2 amide bonds. The number of carboxylic acids is 1. The van der Waals surface area contributed by atoms with Crippen molar-refractivity contribution in [2.45, 2.75) is 51.1 Å². The van der Waals surface area contributed by atoms with Gasteiger partial charge in [-0.2, -0.15) is 11.8 Å². The average Bonchev–Trinajstić information content (AvgIpc) is 2.80. The first-order chi connectivity index (χ1) is 9.51. The standard InChI is InChI=1S/C13H24N2O3S2/c1-4-6-11-15(10(8-20-11)12(16)17)13(18)14-9(3)7-19-5-2/h9-11H,4-8H2,1-3H3,(H,14,18)(H,16,17). The molecule has 1 heterocycles. The van der Waals surface area contributed by atoms with Crippen molar-refractivity contribution in [1.82, 2.24) is 10.2 Å².